The van der Waals surface area contributed by atoms with Crippen molar-refractivity contribution < 1.29 is 19.1 Å². The van der Waals surface area contributed by atoms with Gasteiger partial charge in [-0.1, -0.05) is 6.08 Å². The first-order valence-corrected chi connectivity index (χ1v) is 6.41. The SMILES string of the molecule is C=CCNC(=O)/C=C/c1cc(C)c(OC(C)=O)c(OC)c1. The summed E-state index contributed by atoms with van der Waals surface area (Å²) in [5, 5.41) is 2.64. The summed E-state index contributed by atoms with van der Waals surface area (Å²) in [6.45, 7) is 7.07. The van der Waals surface area contributed by atoms with Crippen LogP contribution in [0.25, 0.3) is 6.08 Å². The Morgan fingerprint density at radius 1 is 1.38 bits per heavy atom. The van der Waals surface area contributed by atoms with Gasteiger partial charge in [0, 0.05) is 19.5 Å². The molecule has 0 aliphatic carbocycles. The Morgan fingerprint density at radius 3 is 2.67 bits per heavy atom. The molecule has 0 spiro atoms. The zero-order chi connectivity index (χ0) is 15.8. The summed E-state index contributed by atoms with van der Waals surface area (Å²) in [4.78, 5) is 22.6. The predicted octanol–water partition coefficient (Wildman–Crippen LogP) is 2.24. The summed E-state index contributed by atoms with van der Waals surface area (Å²) < 4.78 is 10.3. The molecule has 112 valence electrons. The van der Waals surface area contributed by atoms with Gasteiger partial charge in [-0.15, -0.1) is 6.58 Å². The van der Waals surface area contributed by atoms with Gasteiger partial charge in [-0.3, -0.25) is 9.59 Å². The van der Waals surface area contributed by atoms with Crippen molar-refractivity contribution in [3.8, 4) is 11.5 Å². The third kappa shape index (κ3) is 5.14. The standard InChI is InChI=1S/C16H19NO4/c1-5-8-17-15(19)7-6-13-9-11(2)16(21-12(3)18)14(10-13)20-4/h5-7,9-10H,1,8H2,2-4H3,(H,17,19)/b7-6+. The van der Waals surface area contributed by atoms with Crippen LogP contribution in [0.3, 0.4) is 0 Å². The van der Waals surface area contributed by atoms with Crippen molar-refractivity contribution in [2.24, 2.45) is 0 Å². The van der Waals surface area contributed by atoms with E-state index in [9.17, 15) is 9.59 Å². The minimum absolute atomic E-state index is 0.212. The Morgan fingerprint density at radius 2 is 2.10 bits per heavy atom. The molecule has 1 amide bonds. The number of hydrogen-bond donors (Lipinski definition) is 1. The molecule has 0 atom stereocenters. The van der Waals surface area contributed by atoms with E-state index in [0.29, 0.717) is 18.0 Å². The first-order chi connectivity index (χ1) is 9.97. The van der Waals surface area contributed by atoms with Gasteiger partial charge in [0.25, 0.3) is 0 Å². The number of rotatable bonds is 6. The number of amides is 1. The third-order valence-electron chi connectivity index (χ3n) is 2.58. The zero-order valence-electron chi connectivity index (χ0n) is 12.4. The maximum Gasteiger partial charge on any atom is 0.308 e. The molecular weight excluding hydrogens is 270 g/mol. The van der Waals surface area contributed by atoms with Gasteiger partial charge in [-0.05, 0) is 36.3 Å². The Kier molecular flexibility index (Phi) is 6.20. The van der Waals surface area contributed by atoms with Crippen LogP contribution in [0, 0.1) is 6.92 Å². The van der Waals surface area contributed by atoms with E-state index in [4.69, 9.17) is 9.47 Å². The molecule has 0 saturated heterocycles. The van der Waals surface area contributed by atoms with Gasteiger partial charge in [0.2, 0.25) is 5.91 Å². The number of esters is 1. The molecule has 1 N–H and O–H groups in total. The molecule has 1 aromatic rings. The lowest BCUT2D eigenvalue weighted by atomic mass is 10.1. The zero-order valence-corrected chi connectivity index (χ0v) is 12.4. The van der Waals surface area contributed by atoms with Crippen molar-refractivity contribution in [3.05, 3.63) is 42.0 Å². The smallest absolute Gasteiger partial charge is 0.308 e. The van der Waals surface area contributed by atoms with Gasteiger partial charge < -0.3 is 14.8 Å². The van der Waals surface area contributed by atoms with Crippen LogP contribution < -0.4 is 14.8 Å². The Hall–Kier alpha value is -2.56. The molecule has 0 saturated carbocycles. The molecule has 1 rings (SSSR count). The molecule has 21 heavy (non-hydrogen) atoms. The molecule has 1 aromatic carbocycles. The second-order valence-corrected chi connectivity index (χ2v) is 4.33. The molecule has 0 heterocycles. The largest absolute Gasteiger partial charge is 0.493 e. The summed E-state index contributed by atoms with van der Waals surface area (Å²) in [7, 11) is 1.49. The van der Waals surface area contributed by atoms with Crippen LogP contribution in [0.2, 0.25) is 0 Å². The van der Waals surface area contributed by atoms with Crippen molar-refractivity contribution in [2.45, 2.75) is 13.8 Å². The molecule has 5 heteroatoms. The summed E-state index contributed by atoms with van der Waals surface area (Å²) in [6, 6.07) is 3.50. The third-order valence-corrected chi connectivity index (χ3v) is 2.58. The van der Waals surface area contributed by atoms with Crippen molar-refractivity contribution >= 4 is 18.0 Å². The van der Waals surface area contributed by atoms with Crippen LogP contribution >= 0.6 is 0 Å². The number of methoxy groups -OCH3 is 1. The fourth-order valence-corrected chi connectivity index (χ4v) is 1.69. The molecule has 0 radical (unpaired) electrons. The summed E-state index contributed by atoms with van der Waals surface area (Å²) >= 11 is 0. The first kappa shape index (κ1) is 16.5. The summed E-state index contributed by atoms with van der Waals surface area (Å²) in [5.41, 5.74) is 1.52. The highest BCUT2D eigenvalue weighted by Gasteiger charge is 2.11. The van der Waals surface area contributed by atoms with Crippen molar-refractivity contribution in [1.82, 2.24) is 5.32 Å². The molecule has 5 nitrogen and oxygen atoms in total. The predicted molar refractivity (Wildman–Crippen MR) is 81.3 cm³/mol. The Balaban J connectivity index is 2.97. The lowest BCUT2D eigenvalue weighted by Crippen LogP contribution is -2.20. The van der Waals surface area contributed by atoms with Gasteiger partial charge in [-0.2, -0.15) is 0 Å². The summed E-state index contributed by atoms with van der Waals surface area (Å²) in [5.74, 6) is 0.202. The van der Waals surface area contributed by atoms with Crippen molar-refractivity contribution in [1.29, 1.82) is 0 Å². The quantitative estimate of drug-likeness (QED) is 0.377. The van der Waals surface area contributed by atoms with E-state index in [-0.39, 0.29) is 5.91 Å². The fourth-order valence-electron chi connectivity index (χ4n) is 1.69. The van der Waals surface area contributed by atoms with Crippen LogP contribution in [-0.4, -0.2) is 25.5 Å². The highest BCUT2D eigenvalue weighted by atomic mass is 16.6. The highest BCUT2D eigenvalue weighted by molar-refractivity contribution is 5.92. The monoisotopic (exact) mass is 289 g/mol. The molecule has 0 fully saturated rings. The number of ether oxygens (including phenoxy) is 2. The maximum absolute atomic E-state index is 11.5. The molecule has 0 aromatic heterocycles. The van der Waals surface area contributed by atoms with Gasteiger partial charge >= 0.3 is 5.97 Å². The number of carbonyl (C=O) groups excluding carboxylic acids is 2. The topological polar surface area (TPSA) is 64.6 Å². The van der Waals surface area contributed by atoms with E-state index in [1.54, 1.807) is 31.2 Å². The van der Waals surface area contributed by atoms with E-state index >= 15 is 0 Å². The number of aryl methyl sites for hydroxylation is 1. The van der Waals surface area contributed by atoms with Gasteiger partial charge in [0.1, 0.15) is 0 Å². The first-order valence-electron chi connectivity index (χ1n) is 6.41. The van der Waals surface area contributed by atoms with Gasteiger partial charge in [0.05, 0.1) is 7.11 Å². The van der Waals surface area contributed by atoms with Crippen LogP contribution in [0.4, 0.5) is 0 Å². The van der Waals surface area contributed by atoms with E-state index in [2.05, 4.69) is 11.9 Å². The Bertz CT molecular complexity index is 576. The minimum atomic E-state index is -0.413. The maximum atomic E-state index is 11.5. The number of nitrogens with one attached hydrogen (secondary N) is 1. The van der Waals surface area contributed by atoms with Crippen molar-refractivity contribution in [3.63, 3.8) is 0 Å². The van der Waals surface area contributed by atoms with Crippen molar-refractivity contribution in [2.75, 3.05) is 13.7 Å². The van der Waals surface area contributed by atoms with E-state index in [1.807, 2.05) is 0 Å². The Labute approximate surface area is 124 Å². The number of benzene rings is 1. The number of hydrogen-bond acceptors (Lipinski definition) is 4. The lowest BCUT2D eigenvalue weighted by molar-refractivity contribution is -0.132. The van der Waals surface area contributed by atoms with E-state index in [0.717, 1.165) is 11.1 Å². The molecule has 0 aliphatic rings. The van der Waals surface area contributed by atoms with Crippen LogP contribution in [0.15, 0.2) is 30.9 Å². The highest BCUT2D eigenvalue weighted by Crippen LogP contribution is 2.32. The molecule has 0 bridgehead atoms. The van der Waals surface area contributed by atoms with Gasteiger partial charge in [-0.25, -0.2) is 0 Å². The second-order valence-electron chi connectivity index (χ2n) is 4.33. The molecular formula is C16H19NO4. The van der Waals surface area contributed by atoms with Crippen LogP contribution in [0.5, 0.6) is 11.5 Å². The average Bonchev–Trinajstić information content (AvgIpc) is 2.44. The second kappa shape index (κ2) is 7.89. The summed E-state index contributed by atoms with van der Waals surface area (Å²) in [6.07, 6.45) is 4.68. The molecule has 0 aliphatic heterocycles. The van der Waals surface area contributed by atoms with Gasteiger partial charge in [0.15, 0.2) is 11.5 Å². The van der Waals surface area contributed by atoms with Crippen LogP contribution in [0.1, 0.15) is 18.1 Å². The normalized spacial score (nSPS) is 10.2. The fraction of sp³-hybridized carbons (Fsp3) is 0.250. The van der Waals surface area contributed by atoms with E-state index in [1.165, 1.54) is 20.1 Å². The van der Waals surface area contributed by atoms with E-state index < -0.39 is 5.97 Å². The lowest BCUT2D eigenvalue weighted by Gasteiger charge is -2.12. The van der Waals surface area contributed by atoms with Crippen LogP contribution in [-0.2, 0) is 9.59 Å². The average molecular weight is 289 g/mol. The minimum Gasteiger partial charge on any atom is -0.493 e. The molecule has 0 unspecified atom stereocenters. The number of carbonyl (C=O) groups is 2.